The highest BCUT2D eigenvalue weighted by atomic mass is 15.1. The van der Waals surface area contributed by atoms with Crippen molar-refractivity contribution < 1.29 is 4.57 Å². The fraction of sp³-hybridized carbons (Fsp3) is 0.914. The quantitative estimate of drug-likeness (QED) is 0.0737. The molecule has 0 aliphatic rings. The zero-order valence-corrected chi connectivity index (χ0v) is 26.1. The number of hydrogen-bond acceptors (Lipinski definition) is 0. The van der Waals surface area contributed by atoms with Crippen LogP contribution in [-0.2, 0) is 19.5 Å². The number of aryl methyl sites for hydroxylation is 2. The third-order valence-electron chi connectivity index (χ3n) is 8.35. The number of rotatable bonds is 29. The molecule has 1 aromatic rings. The molecule has 1 heterocycles. The number of hydrogen-bond donors (Lipinski definition) is 0. The van der Waals surface area contributed by atoms with Crippen LogP contribution >= 0.6 is 0 Å². The summed E-state index contributed by atoms with van der Waals surface area (Å²) in [5.74, 6) is 1.61. The van der Waals surface area contributed by atoms with Crippen molar-refractivity contribution in [1.82, 2.24) is 4.57 Å². The summed E-state index contributed by atoms with van der Waals surface area (Å²) in [5.41, 5.74) is 0. The molecule has 2 nitrogen and oxygen atoms in total. The van der Waals surface area contributed by atoms with Crippen LogP contribution in [0.5, 0.6) is 0 Å². The molecule has 0 saturated carbocycles. The topological polar surface area (TPSA) is 8.81 Å². The van der Waals surface area contributed by atoms with Crippen molar-refractivity contribution >= 4 is 0 Å². The lowest BCUT2D eigenvalue weighted by Crippen LogP contribution is -2.37. The summed E-state index contributed by atoms with van der Waals surface area (Å²) in [6.45, 7) is 9.39. The third kappa shape index (κ3) is 19.9. The van der Waals surface area contributed by atoms with Crippen LogP contribution in [0, 0.1) is 0 Å². The van der Waals surface area contributed by atoms with Gasteiger partial charge < -0.3 is 0 Å². The van der Waals surface area contributed by atoms with Crippen LogP contribution in [0.3, 0.4) is 0 Å². The van der Waals surface area contributed by atoms with E-state index in [2.05, 4.69) is 42.3 Å². The lowest BCUT2D eigenvalue weighted by Gasteiger charge is -2.07. The van der Waals surface area contributed by atoms with Crippen molar-refractivity contribution in [2.24, 2.45) is 0 Å². The first-order chi connectivity index (χ1) is 18.3. The highest BCUT2D eigenvalue weighted by molar-refractivity contribution is 4.84. The molecule has 0 fully saturated rings. The van der Waals surface area contributed by atoms with Crippen LogP contribution < -0.4 is 4.57 Å². The smallest absolute Gasteiger partial charge is 0.234 e. The summed E-state index contributed by atoms with van der Waals surface area (Å²) in [5, 5.41) is 0. The van der Waals surface area contributed by atoms with Crippen molar-refractivity contribution in [1.29, 1.82) is 0 Å². The Morgan fingerprint density at radius 2 is 0.838 bits per heavy atom. The maximum Gasteiger partial charge on any atom is 0.256 e. The van der Waals surface area contributed by atoms with E-state index in [0.717, 1.165) is 0 Å². The van der Waals surface area contributed by atoms with Gasteiger partial charge in [-0.15, -0.1) is 0 Å². The predicted octanol–water partition coefficient (Wildman–Crippen LogP) is 11.5. The summed E-state index contributed by atoms with van der Waals surface area (Å²) in [6, 6.07) is 0. The Balaban J connectivity index is 2.27. The van der Waals surface area contributed by atoms with Crippen LogP contribution in [0.4, 0.5) is 0 Å². The molecular weight excluding hydrogens is 448 g/mol. The molecule has 1 aromatic heterocycles. The normalized spacial score (nSPS) is 11.5. The van der Waals surface area contributed by atoms with Crippen LogP contribution in [0.2, 0.25) is 0 Å². The first-order valence-electron chi connectivity index (χ1n) is 17.4. The molecule has 0 N–H and O–H groups in total. The van der Waals surface area contributed by atoms with Gasteiger partial charge in [-0.2, -0.15) is 0 Å². The monoisotopic (exact) mass is 518 g/mol. The highest BCUT2D eigenvalue weighted by Gasteiger charge is 2.16. The van der Waals surface area contributed by atoms with Crippen molar-refractivity contribution in [2.75, 3.05) is 0 Å². The molecule has 218 valence electrons. The summed E-state index contributed by atoms with van der Waals surface area (Å²) < 4.78 is 5.23. The van der Waals surface area contributed by atoms with E-state index in [4.69, 9.17) is 0 Å². The van der Waals surface area contributed by atoms with Crippen LogP contribution in [0.15, 0.2) is 12.4 Å². The zero-order valence-electron chi connectivity index (χ0n) is 26.1. The van der Waals surface area contributed by atoms with Gasteiger partial charge in [0.15, 0.2) is 0 Å². The summed E-state index contributed by atoms with van der Waals surface area (Å²) in [6.07, 6.45) is 42.9. The number of imidazole rings is 1. The predicted molar refractivity (Wildman–Crippen MR) is 165 cm³/mol. The molecule has 0 spiro atoms. The van der Waals surface area contributed by atoms with E-state index in [0.29, 0.717) is 0 Å². The lowest BCUT2D eigenvalue weighted by atomic mass is 10.0. The molecule has 0 aliphatic heterocycles. The molecule has 2 heteroatoms. The minimum absolute atomic E-state index is 1.23. The zero-order chi connectivity index (χ0) is 26.7. The molecule has 37 heavy (non-hydrogen) atoms. The van der Waals surface area contributed by atoms with Gasteiger partial charge in [-0.3, -0.25) is 0 Å². The lowest BCUT2D eigenvalue weighted by molar-refractivity contribution is -0.704. The van der Waals surface area contributed by atoms with Gasteiger partial charge in [0, 0.05) is 6.42 Å². The maximum atomic E-state index is 2.62. The Labute approximate surface area is 234 Å². The molecule has 0 bridgehead atoms. The van der Waals surface area contributed by atoms with Gasteiger partial charge >= 0.3 is 0 Å². The van der Waals surface area contributed by atoms with E-state index in [-0.39, 0.29) is 0 Å². The average Bonchev–Trinajstić information content (AvgIpc) is 3.29. The van der Waals surface area contributed by atoms with Gasteiger partial charge in [0.1, 0.15) is 12.4 Å². The SMILES string of the molecule is CCCCCCCCCCCCCCC[n+]1ccn(CCCCCCCC)c1CCCCCCCCC. The Kier molecular flexibility index (Phi) is 24.8. The second-order valence-electron chi connectivity index (χ2n) is 12.0. The van der Waals surface area contributed by atoms with E-state index >= 15 is 0 Å². The Hall–Kier alpha value is -0.790. The minimum Gasteiger partial charge on any atom is -0.234 e. The van der Waals surface area contributed by atoms with Gasteiger partial charge in [-0.25, -0.2) is 9.13 Å². The average molecular weight is 518 g/mol. The van der Waals surface area contributed by atoms with Gasteiger partial charge in [-0.1, -0.05) is 156 Å². The molecular formula is C35H69N2+. The van der Waals surface area contributed by atoms with Crippen LogP contribution in [0.1, 0.15) is 194 Å². The van der Waals surface area contributed by atoms with E-state index in [1.54, 1.807) is 5.82 Å². The number of unbranched alkanes of at least 4 members (excludes halogenated alkanes) is 23. The molecule has 0 atom stereocenters. The van der Waals surface area contributed by atoms with E-state index in [9.17, 15) is 0 Å². The van der Waals surface area contributed by atoms with Crippen molar-refractivity contribution in [3.8, 4) is 0 Å². The minimum atomic E-state index is 1.23. The summed E-state index contributed by atoms with van der Waals surface area (Å²) in [4.78, 5) is 0. The van der Waals surface area contributed by atoms with Gasteiger partial charge in [0.25, 0.3) is 5.82 Å². The highest BCUT2D eigenvalue weighted by Crippen LogP contribution is 2.14. The molecule has 0 aromatic carbocycles. The first kappa shape index (κ1) is 34.2. The number of aromatic nitrogens is 2. The standard InChI is InChI=1S/C35H69N2/c1-4-7-10-13-16-17-18-19-20-21-23-26-29-32-37-34-33-36(31-28-25-15-12-9-6-3)35(37)30-27-24-22-14-11-8-5-2/h33-34H,4-32H2,1-3H3/q+1. The third-order valence-corrected chi connectivity index (χ3v) is 8.35. The fourth-order valence-corrected chi connectivity index (χ4v) is 5.80. The van der Waals surface area contributed by atoms with E-state index in [1.807, 2.05) is 0 Å². The molecule has 0 radical (unpaired) electrons. The second-order valence-corrected chi connectivity index (χ2v) is 12.0. The fourth-order valence-electron chi connectivity index (χ4n) is 5.80. The Morgan fingerprint density at radius 3 is 1.30 bits per heavy atom. The van der Waals surface area contributed by atoms with Crippen molar-refractivity contribution in [3.63, 3.8) is 0 Å². The molecule has 0 aliphatic carbocycles. The first-order valence-corrected chi connectivity index (χ1v) is 17.4. The summed E-state index contributed by atoms with van der Waals surface area (Å²) >= 11 is 0. The molecule has 0 amide bonds. The Morgan fingerprint density at radius 1 is 0.459 bits per heavy atom. The number of nitrogens with zero attached hydrogens (tertiary/aromatic N) is 2. The van der Waals surface area contributed by atoms with E-state index in [1.165, 1.54) is 186 Å². The van der Waals surface area contributed by atoms with Crippen LogP contribution in [-0.4, -0.2) is 4.57 Å². The van der Waals surface area contributed by atoms with Gasteiger partial charge in [0.2, 0.25) is 0 Å². The summed E-state index contributed by atoms with van der Waals surface area (Å²) in [7, 11) is 0. The molecule has 0 saturated heterocycles. The maximum absolute atomic E-state index is 2.62. The van der Waals surface area contributed by atoms with Crippen molar-refractivity contribution in [3.05, 3.63) is 18.2 Å². The van der Waals surface area contributed by atoms with Crippen molar-refractivity contribution in [2.45, 2.75) is 207 Å². The second kappa shape index (κ2) is 26.8. The Bertz CT molecular complexity index is 576. The van der Waals surface area contributed by atoms with E-state index < -0.39 is 0 Å². The van der Waals surface area contributed by atoms with Gasteiger partial charge in [-0.05, 0) is 32.1 Å². The largest absolute Gasteiger partial charge is 0.256 e. The van der Waals surface area contributed by atoms with Crippen LogP contribution in [0.25, 0.3) is 0 Å². The molecule has 1 rings (SSSR count). The van der Waals surface area contributed by atoms with Gasteiger partial charge in [0.05, 0.1) is 13.1 Å². The molecule has 0 unspecified atom stereocenters.